The highest BCUT2D eigenvalue weighted by Gasteiger charge is 2.20. The van der Waals surface area contributed by atoms with E-state index in [0.717, 1.165) is 0 Å². The number of amides is 2. The van der Waals surface area contributed by atoms with Crippen LogP contribution in [-0.4, -0.2) is 30.8 Å². The van der Waals surface area contributed by atoms with Crippen LogP contribution in [-0.2, 0) is 9.53 Å². The lowest BCUT2D eigenvalue weighted by Gasteiger charge is -2.21. The first-order valence-electron chi connectivity index (χ1n) is 6.65. The van der Waals surface area contributed by atoms with Crippen LogP contribution in [0.15, 0.2) is 24.3 Å². The van der Waals surface area contributed by atoms with Crippen LogP contribution in [0.3, 0.4) is 0 Å². The molecule has 0 radical (unpaired) electrons. The molecular formula is C15H22N2O4. The van der Waals surface area contributed by atoms with Crippen molar-refractivity contribution >= 4 is 17.7 Å². The standard InChI is InChI=1S/C15H22N2O4/c1-10(16-14(19)21-15(2,3)4)13(18)17-11-6-8-12(20-5)9-7-11/h6-10H,1-5H3,(H,16,19)(H,17,18)/t10-/m1/s1. The molecule has 0 aliphatic carbocycles. The maximum absolute atomic E-state index is 12.0. The Bertz CT molecular complexity index is 491. The number of anilines is 1. The van der Waals surface area contributed by atoms with E-state index >= 15 is 0 Å². The van der Waals surface area contributed by atoms with Crippen molar-refractivity contribution in [2.45, 2.75) is 39.3 Å². The summed E-state index contributed by atoms with van der Waals surface area (Å²) in [7, 11) is 1.57. The average molecular weight is 294 g/mol. The van der Waals surface area contributed by atoms with Gasteiger partial charge in [0.05, 0.1) is 7.11 Å². The molecule has 0 unspecified atom stereocenters. The van der Waals surface area contributed by atoms with Crippen molar-refractivity contribution in [1.29, 1.82) is 0 Å². The van der Waals surface area contributed by atoms with Crippen molar-refractivity contribution in [3.05, 3.63) is 24.3 Å². The van der Waals surface area contributed by atoms with Crippen molar-refractivity contribution in [2.24, 2.45) is 0 Å². The fourth-order valence-corrected chi connectivity index (χ4v) is 1.47. The number of hydrogen-bond donors (Lipinski definition) is 2. The highest BCUT2D eigenvalue weighted by atomic mass is 16.6. The molecule has 1 atom stereocenters. The molecule has 1 rings (SSSR count). The number of hydrogen-bond acceptors (Lipinski definition) is 4. The third-order valence-electron chi connectivity index (χ3n) is 2.48. The van der Waals surface area contributed by atoms with Crippen LogP contribution in [0.5, 0.6) is 5.75 Å². The second-order valence-electron chi connectivity index (χ2n) is 5.59. The van der Waals surface area contributed by atoms with Gasteiger partial charge in [0.2, 0.25) is 5.91 Å². The molecule has 116 valence electrons. The van der Waals surface area contributed by atoms with E-state index in [1.807, 2.05) is 0 Å². The fraction of sp³-hybridized carbons (Fsp3) is 0.467. The van der Waals surface area contributed by atoms with E-state index < -0.39 is 17.7 Å². The minimum Gasteiger partial charge on any atom is -0.497 e. The van der Waals surface area contributed by atoms with Crippen molar-refractivity contribution in [1.82, 2.24) is 5.32 Å². The predicted octanol–water partition coefficient (Wildman–Crippen LogP) is 2.55. The molecule has 6 nitrogen and oxygen atoms in total. The van der Waals surface area contributed by atoms with Gasteiger partial charge in [-0.2, -0.15) is 0 Å². The van der Waals surface area contributed by atoms with Crippen molar-refractivity contribution in [2.75, 3.05) is 12.4 Å². The molecule has 0 saturated carbocycles. The smallest absolute Gasteiger partial charge is 0.408 e. The van der Waals surface area contributed by atoms with Crippen LogP contribution in [0.4, 0.5) is 10.5 Å². The van der Waals surface area contributed by atoms with E-state index in [0.29, 0.717) is 11.4 Å². The van der Waals surface area contributed by atoms with Gasteiger partial charge in [-0.15, -0.1) is 0 Å². The first-order chi connectivity index (χ1) is 9.71. The van der Waals surface area contributed by atoms with Crippen molar-refractivity contribution < 1.29 is 19.1 Å². The Morgan fingerprint density at radius 2 is 1.71 bits per heavy atom. The number of methoxy groups -OCH3 is 1. The quantitative estimate of drug-likeness (QED) is 0.894. The summed E-state index contributed by atoms with van der Waals surface area (Å²) in [6.07, 6.45) is -0.625. The fourth-order valence-electron chi connectivity index (χ4n) is 1.47. The summed E-state index contributed by atoms with van der Waals surface area (Å²) in [5, 5.41) is 5.18. The van der Waals surface area contributed by atoms with Crippen LogP contribution in [0.2, 0.25) is 0 Å². The Hall–Kier alpha value is -2.24. The SMILES string of the molecule is COc1ccc(NC(=O)[C@@H](C)NC(=O)OC(C)(C)C)cc1. The molecule has 0 aliphatic rings. The summed E-state index contributed by atoms with van der Waals surface area (Å²) in [4.78, 5) is 23.5. The summed E-state index contributed by atoms with van der Waals surface area (Å²) < 4.78 is 10.1. The summed E-state index contributed by atoms with van der Waals surface area (Å²) >= 11 is 0. The zero-order valence-electron chi connectivity index (χ0n) is 13.0. The Labute approximate surface area is 124 Å². The van der Waals surface area contributed by atoms with Crippen molar-refractivity contribution in [3.63, 3.8) is 0 Å². The summed E-state index contributed by atoms with van der Waals surface area (Å²) in [6.45, 7) is 6.86. The van der Waals surface area contributed by atoms with E-state index in [1.54, 1.807) is 59.1 Å². The van der Waals surface area contributed by atoms with E-state index in [-0.39, 0.29) is 5.91 Å². The molecule has 0 aliphatic heterocycles. The molecule has 1 aromatic carbocycles. The number of alkyl carbamates (subject to hydrolysis) is 1. The largest absolute Gasteiger partial charge is 0.497 e. The highest BCUT2D eigenvalue weighted by Crippen LogP contribution is 2.15. The van der Waals surface area contributed by atoms with E-state index in [1.165, 1.54) is 0 Å². The lowest BCUT2D eigenvalue weighted by molar-refractivity contribution is -0.117. The Morgan fingerprint density at radius 3 is 2.19 bits per heavy atom. The lowest BCUT2D eigenvalue weighted by Crippen LogP contribution is -2.43. The van der Waals surface area contributed by atoms with E-state index in [4.69, 9.17) is 9.47 Å². The van der Waals surface area contributed by atoms with Gasteiger partial charge >= 0.3 is 6.09 Å². The molecule has 0 heterocycles. The lowest BCUT2D eigenvalue weighted by atomic mass is 10.2. The maximum Gasteiger partial charge on any atom is 0.408 e. The van der Waals surface area contributed by atoms with Crippen molar-refractivity contribution in [3.8, 4) is 5.75 Å². The number of nitrogens with one attached hydrogen (secondary N) is 2. The molecule has 0 fully saturated rings. The van der Waals surface area contributed by atoms with E-state index in [2.05, 4.69) is 10.6 Å². The van der Waals surface area contributed by atoms with Crippen LogP contribution in [0.1, 0.15) is 27.7 Å². The van der Waals surface area contributed by atoms with Gasteiger partial charge in [0.25, 0.3) is 0 Å². The molecule has 0 aromatic heterocycles. The van der Waals surface area contributed by atoms with Gasteiger partial charge in [0, 0.05) is 5.69 Å². The molecule has 21 heavy (non-hydrogen) atoms. The molecule has 6 heteroatoms. The van der Waals surface area contributed by atoms with Gasteiger partial charge in [-0.25, -0.2) is 4.79 Å². The number of rotatable bonds is 4. The third-order valence-corrected chi connectivity index (χ3v) is 2.48. The first-order valence-corrected chi connectivity index (χ1v) is 6.65. The Balaban J connectivity index is 2.52. The third kappa shape index (κ3) is 6.16. The highest BCUT2D eigenvalue weighted by molar-refractivity contribution is 5.96. The monoisotopic (exact) mass is 294 g/mol. The van der Waals surface area contributed by atoms with Gasteiger partial charge in [0.1, 0.15) is 17.4 Å². The van der Waals surface area contributed by atoms with E-state index in [9.17, 15) is 9.59 Å². The van der Waals surface area contributed by atoms with Gasteiger partial charge in [-0.1, -0.05) is 0 Å². The van der Waals surface area contributed by atoms with Crippen LogP contribution >= 0.6 is 0 Å². The molecule has 0 saturated heterocycles. The van der Waals surface area contributed by atoms with Gasteiger partial charge in [-0.05, 0) is 52.0 Å². The minimum atomic E-state index is -0.707. The zero-order valence-corrected chi connectivity index (χ0v) is 13.0. The van der Waals surface area contributed by atoms with Crippen LogP contribution < -0.4 is 15.4 Å². The predicted molar refractivity (Wildman–Crippen MR) is 80.5 cm³/mol. The molecule has 1 aromatic rings. The normalized spacial score (nSPS) is 12.2. The summed E-state index contributed by atoms with van der Waals surface area (Å²) in [5.41, 5.74) is 0.0228. The van der Waals surface area contributed by atoms with Gasteiger partial charge in [0.15, 0.2) is 0 Å². The molecule has 0 bridgehead atoms. The topological polar surface area (TPSA) is 76.7 Å². The maximum atomic E-state index is 12.0. The number of benzene rings is 1. The average Bonchev–Trinajstić information content (AvgIpc) is 2.37. The second kappa shape index (κ2) is 6.97. The summed E-state index contributed by atoms with van der Waals surface area (Å²) in [6, 6.07) is 6.21. The van der Waals surface area contributed by atoms with Gasteiger partial charge in [-0.3, -0.25) is 4.79 Å². The minimum absolute atomic E-state index is 0.328. The first kappa shape index (κ1) is 16.8. The number of carbonyl (C=O) groups is 2. The molecule has 0 spiro atoms. The van der Waals surface area contributed by atoms with Crippen LogP contribution in [0.25, 0.3) is 0 Å². The second-order valence-corrected chi connectivity index (χ2v) is 5.59. The van der Waals surface area contributed by atoms with Gasteiger partial charge < -0.3 is 20.1 Å². The molecule has 2 N–H and O–H groups in total. The zero-order chi connectivity index (χ0) is 16.0. The van der Waals surface area contributed by atoms with Crippen LogP contribution in [0, 0.1) is 0 Å². The summed E-state index contributed by atoms with van der Waals surface area (Å²) in [5.74, 6) is 0.374. The number of ether oxygens (including phenoxy) is 2. The molecular weight excluding hydrogens is 272 g/mol. The Morgan fingerprint density at radius 1 is 1.14 bits per heavy atom. The molecule has 2 amide bonds. The Kier molecular flexibility index (Phi) is 5.58. The number of carbonyl (C=O) groups excluding carboxylic acids is 2.